The second-order valence-electron chi connectivity index (χ2n) is 6.43. The smallest absolute Gasteiger partial charge is 0.243 e. The van der Waals surface area contributed by atoms with E-state index in [1.807, 2.05) is 6.92 Å². The number of rotatable bonds is 4. The molecular formula is C15H22N2O4S2. The first-order valence-corrected chi connectivity index (χ1v) is 11.1. The summed E-state index contributed by atoms with van der Waals surface area (Å²) in [4.78, 5) is 2.64. The molecule has 1 saturated heterocycles. The Bertz CT molecular complexity index is 783. The van der Waals surface area contributed by atoms with Crippen LogP contribution in [0, 0.1) is 0 Å². The van der Waals surface area contributed by atoms with Gasteiger partial charge in [0.05, 0.1) is 9.79 Å². The number of benzene rings is 1. The summed E-state index contributed by atoms with van der Waals surface area (Å²) in [6, 6.07) is 6.03. The maximum atomic E-state index is 12.8. The number of nitrogens with zero attached hydrogens (tertiary/aromatic N) is 2. The summed E-state index contributed by atoms with van der Waals surface area (Å²) < 4.78 is 50.1. The highest BCUT2D eigenvalue weighted by molar-refractivity contribution is 7.90. The van der Waals surface area contributed by atoms with Crippen molar-refractivity contribution in [3.8, 4) is 0 Å². The zero-order valence-electron chi connectivity index (χ0n) is 13.3. The van der Waals surface area contributed by atoms with E-state index in [0.717, 1.165) is 19.3 Å². The van der Waals surface area contributed by atoms with Gasteiger partial charge in [-0.1, -0.05) is 0 Å². The van der Waals surface area contributed by atoms with Gasteiger partial charge in [-0.05, 0) is 44.0 Å². The number of sulfonamides is 1. The van der Waals surface area contributed by atoms with Crippen LogP contribution in [0.25, 0.3) is 0 Å². The molecule has 3 rings (SSSR count). The molecular weight excluding hydrogens is 336 g/mol. The molecule has 0 bridgehead atoms. The molecule has 6 nitrogen and oxygen atoms in total. The molecule has 1 aliphatic carbocycles. The van der Waals surface area contributed by atoms with Crippen LogP contribution in [-0.2, 0) is 19.9 Å². The largest absolute Gasteiger partial charge is 0.297 e. The van der Waals surface area contributed by atoms with Gasteiger partial charge in [0.2, 0.25) is 10.0 Å². The van der Waals surface area contributed by atoms with E-state index >= 15 is 0 Å². The van der Waals surface area contributed by atoms with Crippen molar-refractivity contribution in [3.63, 3.8) is 0 Å². The number of hydrogen-bond donors (Lipinski definition) is 0. The maximum Gasteiger partial charge on any atom is 0.243 e. The van der Waals surface area contributed by atoms with Gasteiger partial charge in [0.1, 0.15) is 0 Å². The third-order valence-electron chi connectivity index (χ3n) is 4.52. The van der Waals surface area contributed by atoms with Gasteiger partial charge >= 0.3 is 0 Å². The van der Waals surface area contributed by atoms with Gasteiger partial charge in [0.15, 0.2) is 9.84 Å². The fourth-order valence-electron chi connectivity index (χ4n) is 3.09. The van der Waals surface area contributed by atoms with E-state index in [4.69, 9.17) is 0 Å². The molecule has 1 atom stereocenters. The van der Waals surface area contributed by atoms with Crippen LogP contribution in [0.5, 0.6) is 0 Å². The highest BCUT2D eigenvalue weighted by atomic mass is 32.2. The topological polar surface area (TPSA) is 74.8 Å². The van der Waals surface area contributed by atoms with Crippen molar-refractivity contribution in [2.45, 2.75) is 41.6 Å². The van der Waals surface area contributed by atoms with Crippen LogP contribution in [0.4, 0.5) is 0 Å². The lowest BCUT2D eigenvalue weighted by molar-refractivity contribution is 0.137. The Labute approximate surface area is 138 Å². The van der Waals surface area contributed by atoms with Crippen molar-refractivity contribution in [3.05, 3.63) is 24.3 Å². The molecule has 0 spiro atoms. The molecule has 0 N–H and O–H groups in total. The molecule has 0 amide bonds. The van der Waals surface area contributed by atoms with Gasteiger partial charge in [-0.15, -0.1) is 0 Å². The Hall–Kier alpha value is -0.960. The van der Waals surface area contributed by atoms with Crippen LogP contribution in [-0.4, -0.2) is 64.0 Å². The molecule has 1 saturated carbocycles. The molecule has 1 unspecified atom stereocenters. The van der Waals surface area contributed by atoms with E-state index in [2.05, 4.69) is 4.90 Å². The van der Waals surface area contributed by atoms with Crippen LogP contribution in [0.1, 0.15) is 19.8 Å². The van der Waals surface area contributed by atoms with Crippen LogP contribution in [0.3, 0.4) is 0 Å². The quantitative estimate of drug-likeness (QED) is 0.801. The third-order valence-corrected chi connectivity index (χ3v) is 7.68. The standard InChI is InChI=1S/C15H22N2O4S2/c1-12-11-16(13-3-4-13)9-10-17(12)23(20,21)15-7-5-14(6-8-15)22(2,18)19/h5-8,12-13H,3-4,9-11H2,1-2H3. The predicted molar refractivity (Wildman–Crippen MR) is 87.5 cm³/mol. The monoisotopic (exact) mass is 358 g/mol. The highest BCUT2D eigenvalue weighted by Crippen LogP contribution is 2.30. The Kier molecular flexibility index (Phi) is 4.29. The first-order valence-electron chi connectivity index (χ1n) is 7.75. The highest BCUT2D eigenvalue weighted by Gasteiger charge is 2.38. The van der Waals surface area contributed by atoms with Crippen molar-refractivity contribution < 1.29 is 16.8 Å². The first kappa shape index (κ1) is 16.9. The van der Waals surface area contributed by atoms with E-state index in [1.54, 1.807) is 0 Å². The minimum absolute atomic E-state index is 0.0797. The fourth-order valence-corrected chi connectivity index (χ4v) is 5.34. The molecule has 8 heteroatoms. The minimum atomic E-state index is -3.59. The second-order valence-corrected chi connectivity index (χ2v) is 10.3. The van der Waals surface area contributed by atoms with Gasteiger partial charge < -0.3 is 0 Å². The van der Waals surface area contributed by atoms with Crippen molar-refractivity contribution in [1.29, 1.82) is 0 Å². The number of sulfone groups is 1. The van der Waals surface area contributed by atoms with Gasteiger partial charge in [-0.2, -0.15) is 4.31 Å². The van der Waals surface area contributed by atoms with Gasteiger partial charge in [-0.3, -0.25) is 4.90 Å². The van der Waals surface area contributed by atoms with Crippen molar-refractivity contribution in [1.82, 2.24) is 9.21 Å². The third kappa shape index (κ3) is 3.45. The Balaban J connectivity index is 1.81. The van der Waals surface area contributed by atoms with E-state index in [-0.39, 0.29) is 15.8 Å². The van der Waals surface area contributed by atoms with E-state index in [9.17, 15) is 16.8 Å². The van der Waals surface area contributed by atoms with Crippen LogP contribution < -0.4 is 0 Å². The molecule has 0 aromatic heterocycles. The summed E-state index contributed by atoms with van der Waals surface area (Å²) in [6.45, 7) is 3.92. The van der Waals surface area contributed by atoms with E-state index in [0.29, 0.717) is 12.6 Å². The molecule has 1 aliphatic heterocycles. The average molecular weight is 358 g/mol. The first-order chi connectivity index (χ1) is 10.7. The van der Waals surface area contributed by atoms with Gasteiger partial charge in [-0.25, -0.2) is 16.8 Å². The molecule has 0 radical (unpaired) electrons. The molecule has 128 valence electrons. The SMILES string of the molecule is CC1CN(C2CC2)CCN1S(=O)(=O)c1ccc(S(C)(=O)=O)cc1. The Morgan fingerprint density at radius 1 is 0.957 bits per heavy atom. The fraction of sp³-hybridized carbons (Fsp3) is 0.600. The Morgan fingerprint density at radius 2 is 1.52 bits per heavy atom. The lowest BCUT2D eigenvalue weighted by Crippen LogP contribution is -2.54. The zero-order valence-corrected chi connectivity index (χ0v) is 15.0. The molecule has 23 heavy (non-hydrogen) atoms. The normalized spacial score (nSPS) is 24.7. The van der Waals surface area contributed by atoms with Crippen molar-refractivity contribution in [2.24, 2.45) is 0 Å². The van der Waals surface area contributed by atoms with Crippen molar-refractivity contribution >= 4 is 19.9 Å². The lowest BCUT2D eigenvalue weighted by atomic mass is 10.2. The predicted octanol–water partition coefficient (Wildman–Crippen LogP) is 0.947. The average Bonchev–Trinajstić information content (AvgIpc) is 3.30. The van der Waals surface area contributed by atoms with E-state index < -0.39 is 19.9 Å². The summed E-state index contributed by atoms with van der Waals surface area (Å²) >= 11 is 0. The second kappa shape index (κ2) is 5.84. The van der Waals surface area contributed by atoms with Gasteiger partial charge in [0, 0.05) is 38.0 Å². The lowest BCUT2D eigenvalue weighted by Gasteiger charge is -2.39. The molecule has 1 heterocycles. The summed E-state index contributed by atoms with van der Waals surface area (Å²) in [7, 11) is -6.92. The maximum absolute atomic E-state index is 12.8. The molecule has 1 aromatic rings. The summed E-state index contributed by atoms with van der Waals surface area (Å²) in [5, 5.41) is 0. The van der Waals surface area contributed by atoms with Gasteiger partial charge in [0.25, 0.3) is 0 Å². The molecule has 2 fully saturated rings. The molecule has 1 aromatic carbocycles. The minimum Gasteiger partial charge on any atom is -0.297 e. The zero-order chi connectivity index (χ0) is 16.8. The number of piperazine rings is 1. The summed E-state index contributed by atoms with van der Waals surface area (Å²) in [6.07, 6.45) is 3.54. The Morgan fingerprint density at radius 3 is 2.00 bits per heavy atom. The summed E-state index contributed by atoms with van der Waals surface area (Å²) in [5.74, 6) is 0. The summed E-state index contributed by atoms with van der Waals surface area (Å²) in [5.41, 5.74) is 0. The number of hydrogen-bond acceptors (Lipinski definition) is 5. The van der Waals surface area contributed by atoms with Crippen LogP contribution in [0.2, 0.25) is 0 Å². The molecule has 2 aliphatic rings. The van der Waals surface area contributed by atoms with Crippen LogP contribution >= 0.6 is 0 Å². The van der Waals surface area contributed by atoms with Crippen molar-refractivity contribution in [2.75, 3.05) is 25.9 Å². The van der Waals surface area contributed by atoms with E-state index in [1.165, 1.54) is 41.4 Å². The van der Waals surface area contributed by atoms with Crippen LogP contribution in [0.15, 0.2) is 34.1 Å².